The average Bonchev–Trinajstić information content (AvgIpc) is 3.01. The van der Waals surface area contributed by atoms with Crippen LogP contribution in [0.15, 0.2) is 0 Å². The van der Waals surface area contributed by atoms with Crippen LogP contribution >= 0.6 is 0 Å². The molecule has 6 rings (SSSR count). The minimum absolute atomic E-state index is 0.175. The summed E-state index contributed by atoms with van der Waals surface area (Å²) in [6.45, 7) is 25.0. The van der Waals surface area contributed by atoms with Crippen LogP contribution in [0, 0.1) is 0 Å². The third-order valence-electron chi connectivity index (χ3n) is 10.1. The third kappa shape index (κ3) is 13.4. The van der Waals surface area contributed by atoms with E-state index in [1.54, 1.807) is 27.7 Å². The van der Waals surface area contributed by atoms with Crippen LogP contribution in [0.3, 0.4) is 0 Å². The molecule has 16 nitrogen and oxygen atoms in total. The van der Waals surface area contributed by atoms with Crippen molar-refractivity contribution in [2.75, 3.05) is 78.8 Å². The van der Waals surface area contributed by atoms with Gasteiger partial charge in [0.25, 0.3) is 23.6 Å². The molecule has 0 radical (unpaired) electrons. The van der Waals surface area contributed by atoms with E-state index in [0.29, 0.717) is 39.0 Å². The van der Waals surface area contributed by atoms with Gasteiger partial charge in [-0.2, -0.15) is 0 Å². The standard InChI is InChI=1S/C38H72N8O8/c1-31(2)19-39-23-36(10)28(48)44-32(3,4)20-40-24-35(9,27(47)43-31)51-15-13-17-53-37(11)25-41-21-34(7,8)46-30(50)38(12,54-18-14-16-52-36)26-42-22-33(5,6)45-29(37)49/h39-42H,13-26H2,1-12H3,(H,43,47)(H,44,48)(H,45,49)(H,46,50). The molecule has 6 fully saturated rings. The number of amides is 4. The zero-order chi connectivity index (χ0) is 40.7. The first-order valence-electron chi connectivity index (χ1n) is 19.4. The molecule has 312 valence electrons. The number of ether oxygens (including phenoxy) is 4. The number of hydrogen-bond donors (Lipinski definition) is 8. The predicted octanol–water partition coefficient (Wildman–Crippen LogP) is -0.154. The Morgan fingerprint density at radius 3 is 0.704 bits per heavy atom. The Balaban J connectivity index is 2.01. The van der Waals surface area contributed by atoms with Gasteiger partial charge in [0.15, 0.2) is 22.4 Å². The SMILES string of the molecule is CC1(C)CNCC2(C)OCCCOC3(C)CNCC(C)(C)NC(=O)C(C)(CNCC(C)(C)NC3=O)OCCCOC(C)(CNCC(C)(C)NC2=O)C(=O)N1. The number of rotatable bonds is 0. The van der Waals surface area contributed by atoms with E-state index in [4.69, 9.17) is 18.9 Å². The maximum absolute atomic E-state index is 13.9. The fraction of sp³-hybridized carbons (Fsp3) is 0.895. The van der Waals surface area contributed by atoms with Crippen molar-refractivity contribution < 1.29 is 38.1 Å². The summed E-state index contributed by atoms with van der Waals surface area (Å²) in [7, 11) is 0. The Labute approximate surface area is 323 Å². The molecule has 0 aromatic rings. The molecule has 6 aliphatic rings. The van der Waals surface area contributed by atoms with Gasteiger partial charge in [0.2, 0.25) is 0 Å². The quantitative estimate of drug-likeness (QED) is 0.162. The number of nitrogens with one attached hydrogen (secondary N) is 8. The summed E-state index contributed by atoms with van der Waals surface area (Å²) < 4.78 is 25.3. The Bertz CT molecular complexity index is 1130. The number of carbonyl (C=O) groups excluding carboxylic acids is 4. The van der Waals surface area contributed by atoms with Crippen molar-refractivity contribution in [3.8, 4) is 0 Å². The van der Waals surface area contributed by atoms with Crippen LogP contribution in [0.5, 0.6) is 0 Å². The molecule has 4 amide bonds. The predicted molar refractivity (Wildman–Crippen MR) is 207 cm³/mol. The molecule has 8 N–H and O–H groups in total. The lowest BCUT2D eigenvalue weighted by molar-refractivity contribution is -0.153. The molecule has 0 spiro atoms. The zero-order valence-corrected chi connectivity index (χ0v) is 35.2. The first-order chi connectivity index (χ1) is 24.8. The van der Waals surface area contributed by atoms with Crippen LogP contribution in [-0.4, -0.2) is 147 Å². The molecule has 16 heteroatoms. The molecule has 6 aliphatic heterocycles. The first-order valence-corrected chi connectivity index (χ1v) is 19.4. The number of carbonyl (C=O) groups is 4. The van der Waals surface area contributed by atoms with Gasteiger partial charge in [-0.1, -0.05) is 0 Å². The van der Waals surface area contributed by atoms with E-state index >= 15 is 0 Å². The van der Waals surface area contributed by atoms with Crippen LogP contribution in [-0.2, 0) is 38.1 Å². The molecule has 0 aliphatic carbocycles. The highest BCUT2D eigenvalue weighted by Gasteiger charge is 2.43. The highest BCUT2D eigenvalue weighted by atomic mass is 16.5. The molecule has 0 saturated carbocycles. The van der Waals surface area contributed by atoms with Crippen LogP contribution in [0.4, 0.5) is 0 Å². The maximum Gasteiger partial charge on any atom is 0.253 e. The van der Waals surface area contributed by atoms with Gasteiger partial charge in [0.1, 0.15) is 0 Å². The lowest BCUT2D eigenvalue weighted by Gasteiger charge is -2.39. The summed E-state index contributed by atoms with van der Waals surface area (Å²) in [4.78, 5) is 55.6. The highest BCUT2D eigenvalue weighted by molar-refractivity contribution is 5.87. The summed E-state index contributed by atoms with van der Waals surface area (Å²) in [5.74, 6) is -1.13. The van der Waals surface area contributed by atoms with Gasteiger partial charge < -0.3 is 61.5 Å². The Hall–Kier alpha value is -2.44. The summed E-state index contributed by atoms with van der Waals surface area (Å²) in [6.07, 6.45) is 0.809. The van der Waals surface area contributed by atoms with E-state index in [1.165, 1.54) is 0 Å². The van der Waals surface area contributed by atoms with Crippen molar-refractivity contribution in [2.45, 2.75) is 140 Å². The maximum atomic E-state index is 13.9. The second-order valence-electron chi connectivity index (χ2n) is 18.8. The van der Waals surface area contributed by atoms with E-state index in [-0.39, 0.29) is 76.2 Å². The van der Waals surface area contributed by atoms with Crippen molar-refractivity contribution in [1.82, 2.24) is 42.5 Å². The van der Waals surface area contributed by atoms with E-state index in [0.717, 1.165) is 0 Å². The first kappa shape index (κ1) is 45.9. The van der Waals surface area contributed by atoms with Gasteiger partial charge in [-0.15, -0.1) is 0 Å². The lowest BCUT2D eigenvalue weighted by atomic mass is 9.96. The molecule has 0 aromatic carbocycles. The van der Waals surface area contributed by atoms with Crippen molar-refractivity contribution in [2.24, 2.45) is 0 Å². The van der Waals surface area contributed by atoms with Crippen molar-refractivity contribution in [3.63, 3.8) is 0 Å². The highest BCUT2D eigenvalue weighted by Crippen LogP contribution is 2.21. The van der Waals surface area contributed by atoms with Gasteiger partial charge in [0, 0.05) is 74.5 Å². The van der Waals surface area contributed by atoms with Gasteiger partial charge >= 0.3 is 0 Å². The fourth-order valence-electron chi connectivity index (χ4n) is 6.48. The summed E-state index contributed by atoms with van der Waals surface area (Å²) in [5, 5.41) is 26.0. The molecule has 6 saturated heterocycles. The van der Waals surface area contributed by atoms with Gasteiger partial charge in [-0.3, -0.25) is 19.2 Å². The molecule has 4 atom stereocenters. The fourth-order valence-corrected chi connectivity index (χ4v) is 6.48. The largest absolute Gasteiger partial charge is 0.364 e. The van der Waals surface area contributed by atoms with E-state index in [2.05, 4.69) is 42.5 Å². The minimum Gasteiger partial charge on any atom is -0.364 e. The molecule has 6 heterocycles. The van der Waals surface area contributed by atoms with Crippen molar-refractivity contribution >= 4 is 23.6 Å². The van der Waals surface area contributed by atoms with E-state index < -0.39 is 44.6 Å². The minimum atomic E-state index is -1.26. The smallest absolute Gasteiger partial charge is 0.253 e. The second kappa shape index (κ2) is 17.8. The lowest BCUT2D eigenvalue weighted by Crippen LogP contribution is -2.65. The molecular formula is C38H72N8O8. The second-order valence-corrected chi connectivity index (χ2v) is 18.8. The molecule has 0 aromatic heterocycles. The number of hydrogen-bond acceptors (Lipinski definition) is 12. The third-order valence-corrected chi connectivity index (χ3v) is 10.1. The molecular weight excluding hydrogens is 696 g/mol. The van der Waals surface area contributed by atoms with Crippen molar-refractivity contribution in [3.05, 3.63) is 0 Å². The van der Waals surface area contributed by atoms with Crippen LogP contribution < -0.4 is 42.5 Å². The summed E-state index contributed by atoms with van der Waals surface area (Å²) in [5.41, 5.74) is -7.88. The monoisotopic (exact) mass is 769 g/mol. The Kier molecular flexibility index (Phi) is 15.1. The van der Waals surface area contributed by atoms with Gasteiger partial charge in [-0.05, 0) is 95.9 Å². The van der Waals surface area contributed by atoms with Crippen LogP contribution in [0.25, 0.3) is 0 Å². The zero-order valence-electron chi connectivity index (χ0n) is 35.2. The van der Waals surface area contributed by atoms with Crippen molar-refractivity contribution in [1.29, 1.82) is 0 Å². The van der Waals surface area contributed by atoms with Crippen LogP contribution in [0.1, 0.15) is 95.9 Å². The topological polar surface area (TPSA) is 201 Å². The normalized spacial score (nSPS) is 35.8. The van der Waals surface area contributed by atoms with Crippen LogP contribution in [0.2, 0.25) is 0 Å². The average molecular weight is 769 g/mol. The Morgan fingerprint density at radius 1 is 0.333 bits per heavy atom. The molecule has 4 unspecified atom stereocenters. The Morgan fingerprint density at radius 2 is 0.519 bits per heavy atom. The summed E-state index contributed by atoms with van der Waals surface area (Å²) >= 11 is 0. The summed E-state index contributed by atoms with van der Waals surface area (Å²) in [6, 6.07) is 0. The van der Waals surface area contributed by atoms with E-state index in [1.807, 2.05) is 55.4 Å². The van der Waals surface area contributed by atoms with Gasteiger partial charge in [0.05, 0.1) is 26.4 Å². The molecule has 54 heavy (non-hydrogen) atoms. The molecule has 4 bridgehead atoms. The van der Waals surface area contributed by atoms with Gasteiger partial charge in [-0.25, -0.2) is 0 Å². The van der Waals surface area contributed by atoms with E-state index in [9.17, 15) is 19.2 Å².